The fourth-order valence-corrected chi connectivity index (χ4v) is 2.19. The largest absolute Gasteiger partial charge is 0.493 e. The zero-order valence-electron chi connectivity index (χ0n) is 11.5. The zero-order valence-corrected chi connectivity index (χ0v) is 13.1. The van der Waals surface area contributed by atoms with Gasteiger partial charge in [-0.15, -0.1) is 0 Å². The smallest absolute Gasteiger partial charge is 0.181 e. The van der Waals surface area contributed by atoms with Crippen LogP contribution in [-0.2, 0) is 6.54 Å². The van der Waals surface area contributed by atoms with E-state index in [0.29, 0.717) is 11.5 Å². The Bertz CT molecular complexity index is 457. The van der Waals surface area contributed by atoms with Crippen LogP contribution in [0.4, 0.5) is 0 Å². The van der Waals surface area contributed by atoms with Crippen LogP contribution in [-0.4, -0.2) is 19.8 Å². The molecule has 1 rings (SSSR count). The van der Waals surface area contributed by atoms with Gasteiger partial charge in [-0.1, -0.05) is 6.92 Å². The van der Waals surface area contributed by atoms with E-state index in [1.54, 1.807) is 14.0 Å². The van der Waals surface area contributed by atoms with Crippen LogP contribution in [0.15, 0.2) is 16.6 Å². The van der Waals surface area contributed by atoms with Gasteiger partial charge in [0.15, 0.2) is 17.6 Å². The topological polar surface area (TPSA) is 54.3 Å². The Morgan fingerprint density at radius 3 is 2.79 bits per heavy atom. The van der Waals surface area contributed by atoms with E-state index < -0.39 is 6.10 Å². The lowest BCUT2D eigenvalue weighted by Crippen LogP contribution is -2.14. The lowest BCUT2D eigenvalue weighted by atomic mass is 10.2. The molecule has 104 valence electrons. The number of nitriles is 1. The molecule has 4 nitrogen and oxygen atoms in total. The molecule has 19 heavy (non-hydrogen) atoms. The van der Waals surface area contributed by atoms with Crippen molar-refractivity contribution in [2.45, 2.75) is 32.9 Å². The Kier molecular flexibility index (Phi) is 6.68. The van der Waals surface area contributed by atoms with Gasteiger partial charge in [0.05, 0.1) is 11.6 Å². The summed E-state index contributed by atoms with van der Waals surface area (Å²) in [4.78, 5) is 0. The van der Waals surface area contributed by atoms with Crippen molar-refractivity contribution in [2.24, 2.45) is 0 Å². The lowest BCUT2D eigenvalue weighted by Gasteiger charge is -2.15. The van der Waals surface area contributed by atoms with Crippen molar-refractivity contribution in [3.63, 3.8) is 0 Å². The minimum Gasteiger partial charge on any atom is -0.493 e. The minimum absolute atomic E-state index is 0.519. The van der Waals surface area contributed by atoms with Crippen molar-refractivity contribution in [3.05, 3.63) is 22.2 Å². The molecule has 0 radical (unpaired) electrons. The number of methoxy groups -OCH3 is 1. The lowest BCUT2D eigenvalue weighted by molar-refractivity contribution is 0.258. The third-order valence-corrected chi connectivity index (χ3v) is 3.11. The molecule has 0 saturated heterocycles. The van der Waals surface area contributed by atoms with E-state index in [4.69, 9.17) is 14.7 Å². The average Bonchev–Trinajstić information content (AvgIpc) is 2.41. The maximum atomic E-state index is 8.81. The molecule has 0 aliphatic carbocycles. The van der Waals surface area contributed by atoms with Crippen molar-refractivity contribution >= 4 is 15.9 Å². The maximum Gasteiger partial charge on any atom is 0.181 e. The summed E-state index contributed by atoms with van der Waals surface area (Å²) in [5.41, 5.74) is 1.11. The van der Waals surface area contributed by atoms with Crippen molar-refractivity contribution < 1.29 is 9.47 Å². The van der Waals surface area contributed by atoms with Crippen LogP contribution in [0.1, 0.15) is 25.8 Å². The third-order valence-electron chi connectivity index (χ3n) is 2.52. The van der Waals surface area contributed by atoms with E-state index in [9.17, 15) is 0 Å². The first-order valence-electron chi connectivity index (χ1n) is 6.25. The van der Waals surface area contributed by atoms with Gasteiger partial charge in [0.1, 0.15) is 6.07 Å². The molecular weight excluding hydrogens is 308 g/mol. The quantitative estimate of drug-likeness (QED) is 0.781. The molecule has 0 heterocycles. The number of nitrogens with one attached hydrogen (secondary N) is 1. The van der Waals surface area contributed by atoms with Gasteiger partial charge in [0, 0.05) is 6.54 Å². The Morgan fingerprint density at radius 1 is 1.47 bits per heavy atom. The first kappa shape index (κ1) is 15.8. The van der Waals surface area contributed by atoms with E-state index >= 15 is 0 Å². The number of nitrogens with zero attached hydrogens (tertiary/aromatic N) is 1. The van der Waals surface area contributed by atoms with E-state index in [1.165, 1.54) is 0 Å². The van der Waals surface area contributed by atoms with E-state index in [0.717, 1.165) is 29.5 Å². The molecule has 0 aliphatic rings. The predicted molar refractivity (Wildman–Crippen MR) is 78.4 cm³/mol. The van der Waals surface area contributed by atoms with Gasteiger partial charge in [0.2, 0.25) is 0 Å². The summed E-state index contributed by atoms with van der Waals surface area (Å²) in [6.07, 6.45) is 0.577. The summed E-state index contributed by atoms with van der Waals surface area (Å²) in [5, 5.41) is 12.1. The standard InChI is InChI=1S/C14H19BrN2O2/c1-4-5-17-9-11-6-12(15)14(13(7-11)18-3)19-10(2)8-16/h6-7,10,17H,4-5,9H2,1-3H3. The summed E-state index contributed by atoms with van der Waals surface area (Å²) in [7, 11) is 1.59. The van der Waals surface area contributed by atoms with Crippen molar-refractivity contribution in [2.75, 3.05) is 13.7 Å². The Morgan fingerprint density at radius 2 is 2.21 bits per heavy atom. The van der Waals surface area contributed by atoms with E-state index in [-0.39, 0.29) is 0 Å². The monoisotopic (exact) mass is 326 g/mol. The number of hydrogen-bond donors (Lipinski definition) is 1. The molecule has 0 aliphatic heterocycles. The minimum atomic E-state index is -0.519. The van der Waals surface area contributed by atoms with E-state index in [1.807, 2.05) is 18.2 Å². The molecule has 1 atom stereocenters. The van der Waals surface area contributed by atoms with Crippen molar-refractivity contribution in [1.29, 1.82) is 5.26 Å². The molecule has 1 unspecified atom stereocenters. The van der Waals surface area contributed by atoms with Crippen LogP contribution < -0.4 is 14.8 Å². The van der Waals surface area contributed by atoms with Crippen LogP contribution in [0.3, 0.4) is 0 Å². The summed E-state index contributed by atoms with van der Waals surface area (Å²) in [5.74, 6) is 1.19. The van der Waals surface area contributed by atoms with E-state index in [2.05, 4.69) is 28.2 Å². The molecule has 1 aromatic carbocycles. The molecule has 5 heteroatoms. The van der Waals surface area contributed by atoms with Gasteiger partial charge >= 0.3 is 0 Å². The second-order valence-corrected chi connectivity index (χ2v) is 5.03. The number of hydrogen-bond acceptors (Lipinski definition) is 4. The molecule has 0 aromatic heterocycles. The fourth-order valence-electron chi connectivity index (χ4n) is 1.60. The van der Waals surface area contributed by atoms with Crippen LogP contribution in [0, 0.1) is 11.3 Å². The highest BCUT2D eigenvalue weighted by atomic mass is 79.9. The third kappa shape index (κ3) is 4.73. The number of halogens is 1. The van der Waals surface area contributed by atoms with Gasteiger partial charge in [-0.2, -0.15) is 5.26 Å². The molecule has 1 aromatic rings. The van der Waals surface area contributed by atoms with Gasteiger partial charge in [0.25, 0.3) is 0 Å². The molecule has 0 fully saturated rings. The molecule has 0 bridgehead atoms. The van der Waals surface area contributed by atoms with Crippen LogP contribution >= 0.6 is 15.9 Å². The van der Waals surface area contributed by atoms with Gasteiger partial charge in [-0.3, -0.25) is 0 Å². The average molecular weight is 327 g/mol. The fraction of sp³-hybridized carbons (Fsp3) is 0.500. The molecule has 0 saturated carbocycles. The summed E-state index contributed by atoms with van der Waals surface area (Å²) < 4.78 is 11.7. The molecular formula is C14H19BrN2O2. The highest BCUT2D eigenvalue weighted by molar-refractivity contribution is 9.10. The summed E-state index contributed by atoms with van der Waals surface area (Å²) >= 11 is 3.46. The highest BCUT2D eigenvalue weighted by Crippen LogP contribution is 2.37. The second kappa shape index (κ2) is 8.03. The first-order chi connectivity index (χ1) is 9.12. The van der Waals surface area contributed by atoms with Crippen molar-refractivity contribution in [3.8, 4) is 17.6 Å². The SMILES string of the molecule is CCCNCc1cc(Br)c(OC(C)C#N)c(OC)c1. The number of benzene rings is 1. The number of ether oxygens (including phenoxy) is 2. The first-order valence-corrected chi connectivity index (χ1v) is 7.05. The zero-order chi connectivity index (χ0) is 14.3. The predicted octanol–water partition coefficient (Wildman–Crippen LogP) is 3.25. The Labute approximate surface area is 122 Å². The second-order valence-electron chi connectivity index (χ2n) is 4.17. The molecule has 1 N–H and O–H groups in total. The molecule has 0 spiro atoms. The van der Waals surface area contributed by atoms with Gasteiger partial charge < -0.3 is 14.8 Å². The van der Waals surface area contributed by atoms with Crippen LogP contribution in [0.5, 0.6) is 11.5 Å². The summed E-state index contributed by atoms with van der Waals surface area (Å²) in [6.45, 7) is 5.58. The van der Waals surface area contributed by atoms with Crippen LogP contribution in [0.2, 0.25) is 0 Å². The van der Waals surface area contributed by atoms with Crippen molar-refractivity contribution in [1.82, 2.24) is 5.32 Å². The number of rotatable bonds is 7. The maximum absolute atomic E-state index is 8.81. The Balaban J connectivity index is 2.91. The Hall–Kier alpha value is -1.25. The van der Waals surface area contributed by atoms with Gasteiger partial charge in [-0.05, 0) is 53.5 Å². The molecule has 0 amide bonds. The summed E-state index contributed by atoms with van der Waals surface area (Å²) in [6, 6.07) is 5.94. The van der Waals surface area contributed by atoms with Crippen LogP contribution in [0.25, 0.3) is 0 Å². The van der Waals surface area contributed by atoms with Gasteiger partial charge in [-0.25, -0.2) is 0 Å². The normalized spacial score (nSPS) is 11.7. The highest BCUT2D eigenvalue weighted by Gasteiger charge is 2.14.